The van der Waals surface area contributed by atoms with Crippen LogP contribution in [-0.2, 0) is 5.41 Å². The molecule has 1 rings (SSSR count). The Morgan fingerprint density at radius 3 is 2.38 bits per heavy atom. The van der Waals surface area contributed by atoms with Crippen LogP contribution >= 0.6 is 11.6 Å². The van der Waals surface area contributed by atoms with Crippen LogP contribution in [0, 0.1) is 10.1 Å². The molecule has 0 aromatic carbocycles. The second-order valence-corrected chi connectivity index (χ2v) is 4.10. The van der Waals surface area contributed by atoms with E-state index in [0.29, 0.717) is 5.69 Å². The fraction of sp³-hybridized carbons (Fsp3) is 0.571. The molecule has 0 unspecified atom stereocenters. The van der Waals surface area contributed by atoms with Crippen LogP contribution in [0.4, 0.5) is 5.69 Å². The van der Waals surface area contributed by atoms with E-state index in [1.165, 1.54) is 0 Å². The van der Waals surface area contributed by atoms with Gasteiger partial charge in [-0.2, -0.15) is 5.10 Å². The predicted molar refractivity (Wildman–Crippen MR) is 49.0 cm³/mol. The average Bonchev–Trinajstić information content (AvgIpc) is 2.28. The summed E-state index contributed by atoms with van der Waals surface area (Å²) < 4.78 is 0. The molecule has 1 aromatic heterocycles. The van der Waals surface area contributed by atoms with Crippen molar-refractivity contribution in [2.24, 2.45) is 0 Å². The zero-order valence-corrected chi connectivity index (χ0v) is 8.34. The van der Waals surface area contributed by atoms with Gasteiger partial charge in [-0.15, -0.1) is 0 Å². The standard InChI is InChI=1S/C7H10ClN3O2/c1-7(2,3)5-4(11(12)13)6(8)10-9-5/h1-3H3,(H,9,10). The first-order valence-corrected chi connectivity index (χ1v) is 4.10. The molecule has 0 spiro atoms. The third-order valence-corrected chi connectivity index (χ3v) is 1.89. The van der Waals surface area contributed by atoms with Crippen LogP contribution in [0.2, 0.25) is 5.15 Å². The van der Waals surface area contributed by atoms with Crippen molar-refractivity contribution >= 4 is 17.3 Å². The number of halogens is 1. The minimum Gasteiger partial charge on any atom is -0.273 e. The maximum atomic E-state index is 10.6. The molecule has 0 amide bonds. The summed E-state index contributed by atoms with van der Waals surface area (Å²) >= 11 is 5.56. The van der Waals surface area contributed by atoms with Crippen LogP contribution in [0.1, 0.15) is 26.5 Å². The smallest absolute Gasteiger partial charge is 0.273 e. The molecule has 0 aliphatic carbocycles. The summed E-state index contributed by atoms with van der Waals surface area (Å²) in [6, 6.07) is 0. The lowest BCUT2D eigenvalue weighted by atomic mass is 9.91. The number of aromatic nitrogens is 2. The molecule has 6 heteroatoms. The molecule has 0 atom stereocenters. The molecule has 5 nitrogen and oxygen atoms in total. The Morgan fingerprint density at radius 1 is 1.54 bits per heavy atom. The van der Waals surface area contributed by atoms with Gasteiger partial charge in [-0.05, 0) is 0 Å². The number of H-pyrrole nitrogens is 1. The van der Waals surface area contributed by atoms with E-state index in [1.54, 1.807) is 0 Å². The molecule has 1 heterocycles. The highest BCUT2D eigenvalue weighted by Crippen LogP contribution is 2.33. The summed E-state index contributed by atoms with van der Waals surface area (Å²) in [6.07, 6.45) is 0. The van der Waals surface area contributed by atoms with E-state index in [-0.39, 0.29) is 16.3 Å². The van der Waals surface area contributed by atoms with Gasteiger partial charge in [0.05, 0.1) is 4.92 Å². The van der Waals surface area contributed by atoms with Gasteiger partial charge >= 0.3 is 5.69 Å². The second-order valence-electron chi connectivity index (χ2n) is 3.75. The molecule has 1 N–H and O–H groups in total. The molecule has 0 saturated heterocycles. The van der Waals surface area contributed by atoms with Crippen molar-refractivity contribution in [2.75, 3.05) is 0 Å². The predicted octanol–water partition coefficient (Wildman–Crippen LogP) is 2.27. The van der Waals surface area contributed by atoms with Crippen LogP contribution in [0.3, 0.4) is 0 Å². The Labute approximate surface area is 80.2 Å². The first-order chi connectivity index (χ1) is 5.84. The highest BCUT2D eigenvalue weighted by atomic mass is 35.5. The number of hydrogen-bond donors (Lipinski definition) is 1. The van der Waals surface area contributed by atoms with Gasteiger partial charge in [0.2, 0.25) is 5.15 Å². The van der Waals surface area contributed by atoms with E-state index >= 15 is 0 Å². The molecule has 1 aromatic rings. The monoisotopic (exact) mass is 203 g/mol. The van der Waals surface area contributed by atoms with Gasteiger partial charge in [-0.3, -0.25) is 15.2 Å². The van der Waals surface area contributed by atoms with Crippen LogP contribution in [0.25, 0.3) is 0 Å². The summed E-state index contributed by atoms with van der Waals surface area (Å²) in [4.78, 5) is 10.1. The van der Waals surface area contributed by atoms with E-state index in [0.717, 1.165) is 0 Å². The lowest BCUT2D eigenvalue weighted by Crippen LogP contribution is -2.13. The van der Waals surface area contributed by atoms with Crippen LogP contribution in [0.5, 0.6) is 0 Å². The highest BCUT2D eigenvalue weighted by molar-refractivity contribution is 6.31. The average molecular weight is 204 g/mol. The summed E-state index contributed by atoms with van der Waals surface area (Å²) in [5.74, 6) is 0. The topological polar surface area (TPSA) is 71.8 Å². The van der Waals surface area contributed by atoms with E-state index in [9.17, 15) is 10.1 Å². The minimum atomic E-state index is -0.521. The molecule has 0 fully saturated rings. The quantitative estimate of drug-likeness (QED) is 0.562. The zero-order valence-electron chi connectivity index (χ0n) is 7.59. The molecule has 0 saturated carbocycles. The number of nitrogens with zero attached hydrogens (tertiary/aromatic N) is 2. The van der Waals surface area contributed by atoms with E-state index < -0.39 is 4.92 Å². The molecular weight excluding hydrogens is 194 g/mol. The minimum absolute atomic E-state index is 0.0880. The lowest BCUT2D eigenvalue weighted by molar-refractivity contribution is -0.385. The van der Waals surface area contributed by atoms with Crippen molar-refractivity contribution in [2.45, 2.75) is 26.2 Å². The van der Waals surface area contributed by atoms with Crippen LogP contribution < -0.4 is 0 Å². The number of nitrogens with one attached hydrogen (secondary N) is 1. The fourth-order valence-corrected chi connectivity index (χ4v) is 1.21. The summed E-state index contributed by atoms with van der Waals surface area (Å²) in [5, 5.41) is 16.7. The van der Waals surface area contributed by atoms with Crippen LogP contribution in [-0.4, -0.2) is 15.1 Å². The molecule has 13 heavy (non-hydrogen) atoms. The van der Waals surface area contributed by atoms with E-state index in [1.807, 2.05) is 20.8 Å². The van der Waals surface area contributed by atoms with Crippen molar-refractivity contribution in [3.8, 4) is 0 Å². The Kier molecular flexibility index (Phi) is 2.30. The van der Waals surface area contributed by atoms with Crippen LogP contribution in [0.15, 0.2) is 0 Å². The Hall–Kier alpha value is -1.10. The van der Waals surface area contributed by atoms with Crippen molar-refractivity contribution in [1.29, 1.82) is 0 Å². The molecule has 72 valence electrons. The third kappa shape index (κ3) is 1.80. The molecule has 0 aliphatic heterocycles. The first kappa shape index (κ1) is 9.98. The lowest BCUT2D eigenvalue weighted by Gasteiger charge is -2.14. The summed E-state index contributed by atoms with van der Waals surface area (Å²) in [7, 11) is 0. The van der Waals surface area contributed by atoms with Gasteiger partial charge in [-0.1, -0.05) is 32.4 Å². The SMILES string of the molecule is CC(C)(C)c1[nH]nc(Cl)c1[N+](=O)[O-]. The van der Waals surface area contributed by atoms with Gasteiger partial charge < -0.3 is 0 Å². The number of aromatic amines is 1. The van der Waals surface area contributed by atoms with Gasteiger partial charge in [-0.25, -0.2) is 0 Å². The number of rotatable bonds is 1. The van der Waals surface area contributed by atoms with Crippen molar-refractivity contribution in [1.82, 2.24) is 10.2 Å². The molecule has 0 radical (unpaired) electrons. The van der Waals surface area contributed by atoms with Gasteiger partial charge in [0.1, 0.15) is 5.69 Å². The first-order valence-electron chi connectivity index (χ1n) is 3.72. The van der Waals surface area contributed by atoms with E-state index in [2.05, 4.69) is 10.2 Å². The largest absolute Gasteiger partial charge is 0.329 e. The van der Waals surface area contributed by atoms with Crippen molar-refractivity contribution < 1.29 is 4.92 Å². The van der Waals surface area contributed by atoms with Crippen molar-refractivity contribution in [3.63, 3.8) is 0 Å². The van der Waals surface area contributed by atoms with Gasteiger partial charge in [0.25, 0.3) is 0 Å². The van der Waals surface area contributed by atoms with Crippen molar-refractivity contribution in [3.05, 3.63) is 21.0 Å². The van der Waals surface area contributed by atoms with E-state index in [4.69, 9.17) is 11.6 Å². The van der Waals surface area contributed by atoms with Gasteiger partial charge in [0, 0.05) is 5.41 Å². The third-order valence-electron chi connectivity index (χ3n) is 1.63. The normalized spacial score (nSPS) is 11.7. The number of hydrogen-bond acceptors (Lipinski definition) is 3. The number of nitro groups is 1. The molecule has 0 aliphatic rings. The van der Waals surface area contributed by atoms with Gasteiger partial charge in [0.15, 0.2) is 0 Å². The Morgan fingerprint density at radius 2 is 2.08 bits per heavy atom. The summed E-state index contributed by atoms with van der Waals surface area (Å²) in [6.45, 7) is 5.55. The Bertz CT molecular complexity index is 340. The summed E-state index contributed by atoms with van der Waals surface area (Å²) in [5.41, 5.74) is -0.0422. The highest BCUT2D eigenvalue weighted by Gasteiger charge is 2.30. The fourth-order valence-electron chi connectivity index (χ4n) is 1.00. The molecular formula is C7H10ClN3O2. The molecule has 0 bridgehead atoms. The Balaban J connectivity index is 3.31. The maximum Gasteiger partial charge on any atom is 0.329 e. The zero-order chi connectivity index (χ0) is 10.2. The maximum absolute atomic E-state index is 10.6. The second kappa shape index (κ2) is 2.99.